The number of benzene rings is 2. The predicted molar refractivity (Wildman–Crippen MR) is 202 cm³/mol. The van der Waals surface area contributed by atoms with Crippen LogP contribution in [-0.4, -0.2) is 34.7 Å². The quantitative estimate of drug-likeness (QED) is 0.135. The molecule has 1 radical (unpaired) electrons. The summed E-state index contributed by atoms with van der Waals surface area (Å²) >= 11 is 0. The predicted octanol–water partition coefficient (Wildman–Crippen LogP) is 11.7. The first-order valence-electron chi connectivity index (χ1n) is 16.2. The Kier molecular flexibility index (Phi) is 19.7. The second kappa shape index (κ2) is 20.5. The Bertz CT molecular complexity index is 1430. The first-order chi connectivity index (χ1) is 22.4. The Hall–Kier alpha value is -4.16. The molecule has 50 heavy (non-hydrogen) atoms. The van der Waals surface area contributed by atoms with Crippen LogP contribution in [0.25, 0.3) is 47.9 Å². The molecule has 0 saturated heterocycles. The molecule has 2 unspecified atom stereocenters. The van der Waals surface area contributed by atoms with Gasteiger partial charge in [-0.2, -0.15) is 0 Å². The molecule has 0 aliphatic heterocycles. The maximum absolute atomic E-state index is 11.2. The van der Waals surface area contributed by atoms with E-state index in [0.717, 1.165) is 47.9 Å². The largest absolute Gasteiger partial charge is 3.00 e. The van der Waals surface area contributed by atoms with Gasteiger partial charge < -0.3 is 43.4 Å². The molecule has 271 valence electrons. The molecule has 1 aliphatic rings. The standard InChI is InChI=1S/C36H54N2O2.Cr.3N3/c1-33(2,3)25-17-23(31(39)27(19-25)35(7,8)9)21-37-29-15-13-14-16-30(29)38-22-24-18-26(34(4,5)6)20-28(32(24)40)36(10,11)12;;3*1-3-2/h17-22,29-30,39-40H,13-16H2,1-12H3;;;;/q;+3;3*-1/b37-21+,38-22+;;;;. The number of phenolic OH excluding ortho intramolecular Hbond substituents is 2. The van der Waals surface area contributed by atoms with E-state index in [0.29, 0.717) is 11.5 Å². The Morgan fingerprint density at radius 1 is 0.540 bits per heavy atom. The molecule has 0 heterocycles. The number of rotatable bonds is 4. The summed E-state index contributed by atoms with van der Waals surface area (Å²) in [4.78, 5) is 14.6. The summed E-state index contributed by atoms with van der Waals surface area (Å²) in [6.07, 6.45) is 7.90. The van der Waals surface area contributed by atoms with Crippen molar-refractivity contribution >= 4 is 12.4 Å². The number of hydrogen-bond acceptors (Lipinski definition) is 4. The minimum absolute atomic E-state index is 0. The fourth-order valence-electron chi connectivity index (χ4n) is 5.31. The maximum Gasteiger partial charge on any atom is 3.00 e. The molecule has 1 aliphatic carbocycles. The van der Waals surface area contributed by atoms with Crippen molar-refractivity contribution < 1.29 is 27.6 Å². The van der Waals surface area contributed by atoms with Crippen molar-refractivity contribution in [1.29, 1.82) is 0 Å². The summed E-state index contributed by atoms with van der Waals surface area (Å²) in [5.74, 6) is 0.637. The fourth-order valence-corrected chi connectivity index (χ4v) is 5.31. The van der Waals surface area contributed by atoms with E-state index in [9.17, 15) is 10.2 Å². The van der Waals surface area contributed by atoms with Gasteiger partial charge in [0.1, 0.15) is 11.5 Å². The van der Waals surface area contributed by atoms with E-state index in [-0.39, 0.29) is 51.1 Å². The third-order valence-electron chi connectivity index (χ3n) is 8.13. The van der Waals surface area contributed by atoms with Gasteiger partial charge in [-0.1, -0.05) is 108 Å². The zero-order chi connectivity index (χ0) is 38.4. The van der Waals surface area contributed by atoms with Crippen molar-refractivity contribution in [2.45, 2.75) is 143 Å². The van der Waals surface area contributed by atoms with Crippen LogP contribution in [-0.2, 0) is 39.0 Å². The molecule has 0 spiro atoms. The van der Waals surface area contributed by atoms with E-state index in [1.807, 2.05) is 12.4 Å². The van der Waals surface area contributed by atoms with Crippen LogP contribution in [0.1, 0.15) is 142 Å². The first kappa shape index (κ1) is 48.0. The molecule has 0 aromatic heterocycles. The van der Waals surface area contributed by atoms with Crippen LogP contribution < -0.4 is 0 Å². The van der Waals surface area contributed by atoms with Crippen LogP contribution in [0.15, 0.2) is 34.3 Å². The van der Waals surface area contributed by atoms with Crippen molar-refractivity contribution in [3.05, 3.63) is 106 Å². The Labute approximate surface area is 308 Å². The van der Waals surface area contributed by atoms with Crippen LogP contribution in [0.5, 0.6) is 11.5 Å². The van der Waals surface area contributed by atoms with Gasteiger partial charge in [0.2, 0.25) is 0 Å². The summed E-state index contributed by atoms with van der Waals surface area (Å²) in [6.45, 7) is 26.0. The number of aliphatic imine (C=N–C) groups is 2. The van der Waals surface area contributed by atoms with Gasteiger partial charge in [0.25, 0.3) is 0 Å². The average Bonchev–Trinajstić information content (AvgIpc) is 2.95. The van der Waals surface area contributed by atoms with Gasteiger partial charge >= 0.3 is 17.4 Å². The minimum Gasteiger partial charge on any atom is -0.507 e. The monoisotopic (exact) mass is 724 g/mol. The van der Waals surface area contributed by atoms with Crippen molar-refractivity contribution in [3.8, 4) is 11.5 Å². The van der Waals surface area contributed by atoms with Gasteiger partial charge in [-0.15, -0.1) is 0 Å². The Morgan fingerprint density at radius 3 is 1.02 bits per heavy atom. The van der Waals surface area contributed by atoms with E-state index in [4.69, 9.17) is 43.2 Å². The van der Waals surface area contributed by atoms with E-state index in [1.54, 1.807) is 0 Å². The Morgan fingerprint density at radius 2 is 0.800 bits per heavy atom. The summed E-state index contributed by atoms with van der Waals surface area (Å²) in [5, 5.41) is 22.5. The smallest absolute Gasteiger partial charge is 0.507 e. The normalized spacial score (nSPS) is 16.2. The SMILES string of the molecule is CC(C)(C)c1cc(/C=N/C2CCCCC2/N=C/c2cc(C(C)(C)C)cc(C(C)(C)C)c2O)c(O)c(C(C)(C)C)c1.[Cr+3].[N-]=[N+]=[N-].[N-]=[N+]=[N-].[N-]=[N+]=[N-]. The van der Waals surface area contributed by atoms with Crippen molar-refractivity contribution in [1.82, 2.24) is 0 Å². The molecule has 0 amide bonds. The van der Waals surface area contributed by atoms with E-state index >= 15 is 0 Å². The Balaban J connectivity index is 0. The van der Waals surface area contributed by atoms with Crippen LogP contribution in [0.3, 0.4) is 0 Å². The topological polar surface area (TPSA) is 241 Å². The molecule has 3 rings (SSSR count). The third-order valence-corrected chi connectivity index (χ3v) is 8.13. The minimum atomic E-state index is -0.179. The molecular weight excluding hydrogens is 670 g/mol. The summed E-state index contributed by atoms with van der Waals surface area (Å²) in [6, 6.07) is 8.53. The second-order valence-electron chi connectivity index (χ2n) is 16.2. The molecule has 2 aromatic rings. The number of phenols is 2. The van der Waals surface area contributed by atoms with Crippen LogP contribution in [0.2, 0.25) is 0 Å². The fraction of sp³-hybridized carbons (Fsp3) is 0.611. The van der Waals surface area contributed by atoms with Gasteiger partial charge in [0.05, 0.1) is 12.1 Å². The van der Waals surface area contributed by atoms with Gasteiger partial charge in [-0.05, 0) is 57.8 Å². The second-order valence-corrected chi connectivity index (χ2v) is 16.2. The van der Waals surface area contributed by atoms with Crippen molar-refractivity contribution in [2.24, 2.45) is 9.98 Å². The van der Waals surface area contributed by atoms with Crippen LogP contribution >= 0.6 is 0 Å². The molecule has 2 N–H and O–H groups in total. The molecule has 13 nitrogen and oxygen atoms in total. The number of hydrogen-bond donors (Lipinski definition) is 2. The average molecular weight is 725 g/mol. The van der Waals surface area contributed by atoms with Crippen molar-refractivity contribution in [3.63, 3.8) is 0 Å². The zero-order valence-corrected chi connectivity index (χ0v) is 32.9. The van der Waals surface area contributed by atoms with E-state index in [1.165, 1.54) is 25.9 Å². The molecule has 1 saturated carbocycles. The summed E-state index contributed by atoms with van der Waals surface area (Å²) in [7, 11) is 0. The van der Waals surface area contributed by atoms with Gasteiger partial charge in [-0.25, -0.2) is 0 Å². The molecule has 1 fully saturated rings. The molecule has 2 aromatic carbocycles. The maximum atomic E-state index is 11.2. The van der Waals surface area contributed by atoms with E-state index in [2.05, 4.69) is 107 Å². The van der Waals surface area contributed by atoms with Gasteiger partial charge in [-0.3, -0.25) is 24.7 Å². The van der Waals surface area contributed by atoms with Crippen LogP contribution in [0, 0.1) is 0 Å². The molecular formula is C36H54CrN11O2. The van der Waals surface area contributed by atoms with Crippen LogP contribution in [0.4, 0.5) is 0 Å². The summed E-state index contributed by atoms with van der Waals surface area (Å²) in [5.41, 5.74) is 45.9. The third kappa shape index (κ3) is 15.2. The zero-order valence-electron chi connectivity index (χ0n) is 31.7. The summed E-state index contributed by atoms with van der Waals surface area (Å²) < 4.78 is 0. The number of nitrogens with zero attached hydrogens (tertiary/aromatic N) is 11. The molecule has 2 atom stereocenters. The van der Waals surface area contributed by atoms with Gasteiger partial charge in [0, 0.05) is 34.7 Å². The number of aromatic hydroxyl groups is 2. The van der Waals surface area contributed by atoms with E-state index < -0.39 is 0 Å². The first-order valence-corrected chi connectivity index (χ1v) is 16.2. The molecule has 0 bridgehead atoms. The van der Waals surface area contributed by atoms with Crippen molar-refractivity contribution in [2.75, 3.05) is 0 Å². The molecule has 14 heteroatoms. The van der Waals surface area contributed by atoms with Gasteiger partial charge in [0.15, 0.2) is 0 Å².